The predicted molar refractivity (Wildman–Crippen MR) is 67.4 cm³/mol. The van der Waals surface area contributed by atoms with Gasteiger partial charge < -0.3 is 9.52 Å². The van der Waals surface area contributed by atoms with Crippen molar-refractivity contribution in [1.29, 1.82) is 0 Å². The van der Waals surface area contributed by atoms with Gasteiger partial charge in [-0.05, 0) is 19.1 Å². The molecule has 0 aliphatic rings. The van der Waals surface area contributed by atoms with Crippen molar-refractivity contribution in [2.75, 3.05) is 11.9 Å². The number of furan rings is 1. The molecule has 0 fully saturated rings. The zero-order valence-corrected chi connectivity index (χ0v) is 10.5. The lowest BCUT2D eigenvalue weighted by Crippen LogP contribution is -2.26. The van der Waals surface area contributed by atoms with Crippen LogP contribution in [0.3, 0.4) is 0 Å². The fraction of sp³-hybridized carbons (Fsp3) is 0.154. The Labute approximate surface area is 109 Å². The van der Waals surface area contributed by atoms with Crippen molar-refractivity contribution in [3.8, 4) is 0 Å². The van der Waals surface area contributed by atoms with Gasteiger partial charge in [0.1, 0.15) is 5.76 Å². The first-order valence-electron chi connectivity index (χ1n) is 5.52. The molecule has 98 valence electrons. The molecule has 0 aromatic carbocycles. The van der Waals surface area contributed by atoms with E-state index in [1.165, 1.54) is 23.4 Å². The van der Waals surface area contributed by atoms with Gasteiger partial charge in [-0.25, -0.2) is 4.79 Å². The van der Waals surface area contributed by atoms with E-state index in [4.69, 9.17) is 9.52 Å². The van der Waals surface area contributed by atoms with Crippen molar-refractivity contribution in [2.24, 2.45) is 0 Å². The highest BCUT2D eigenvalue weighted by atomic mass is 16.4. The lowest BCUT2D eigenvalue weighted by Gasteiger charge is -2.13. The average molecular weight is 260 g/mol. The van der Waals surface area contributed by atoms with Crippen molar-refractivity contribution in [1.82, 2.24) is 4.98 Å². The molecule has 6 heteroatoms. The van der Waals surface area contributed by atoms with Gasteiger partial charge in [-0.1, -0.05) is 0 Å². The molecular weight excluding hydrogens is 248 g/mol. The Morgan fingerprint density at radius 1 is 1.26 bits per heavy atom. The van der Waals surface area contributed by atoms with Crippen LogP contribution in [0.5, 0.6) is 0 Å². The summed E-state index contributed by atoms with van der Waals surface area (Å²) in [6.45, 7) is 1.77. The summed E-state index contributed by atoms with van der Waals surface area (Å²) < 4.78 is 5.33. The first-order valence-corrected chi connectivity index (χ1v) is 5.52. The van der Waals surface area contributed by atoms with Gasteiger partial charge in [0.15, 0.2) is 0 Å². The van der Waals surface area contributed by atoms with Crippen LogP contribution in [0.25, 0.3) is 0 Å². The SMILES string of the molecule is Cc1ccc(N(C)C(=O)c2cncc(C(=O)O)c2)o1. The van der Waals surface area contributed by atoms with E-state index in [2.05, 4.69) is 4.98 Å². The highest BCUT2D eigenvalue weighted by Gasteiger charge is 2.17. The third kappa shape index (κ3) is 2.62. The first kappa shape index (κ1) is 12.8. The van der Waals surface area contributed by atoms with E-state index >= 15 is 0 Å². The van der Waals surface area contributed by atoms with Gasteiger partial charge in [0.25, 0.3) is 5.91 Å². The molecule has 19 heavy (non-hydrogen) atoms. The van der Waals surface area contributed by atoms with Crippen molar-refractivity contribution >= 4 is 17.8 Å². The number of anilines is 1. The Hall–Kier alpha value is -2.63. The fourth-order valence-electron chi connectivity index (χ4n) is 1.57. The van der Waals surface area contributed by atoms with Crippen LogP contribution >= 0.6 is 0 Å². The number of pyridine rings is 1. The number of carboxylic acid groups (broad SMARTS) is 1. The lowest BCUT2D eigenvalue weighted by atomic mass is 10.2. The van der Waals surface area contributed by atoms with Crippen molar-refractivity contribution < 1.29 is 19.1 Å². The summed E-state index contributed by atoms with van der Waals surface area (Å²) in [6, 6.07) is 4.69. The van der Waals surface area contributed by atoms with E-state index in [1.54, 1.807) is 26.1 Å². The van der Waals surface area contributed by atoms with Gasteiger partial charge in [-0.15, -0.1) is 0 Å². The van der Waals surface area contributed by atoms with Crippen LogP contribution in [-0.4, -0.2) is 29.0 Å². The number of carbonyl (C=O) groups is 2. The minimum atomic E-state index is -1.13. The molecule has 2 heterocycles. The number of rotatable bonds is 3. The Kier molecular flexibility index (Phi) is 3.33. The number of hydrogen-bond donors (Lipinski definition) is 1. The Morgan fingerprint density at radius 2 is 1.95 bits per heavy atom. The number of amides is 1. The first-order chi connectivity index (χ1) is 8.99. The topological polar surface area (TPSA) is 83.6 Å². The maximum Gasteiger partial charge on any atom is 0.337 e. The molecule has 0 bridgehead atoms. The van der Waals surface area contributed by atoms with Gasteiger partial charge in [0.2, 0.25) is 5.88 Å². The number of aryl methyl sites for hydroxylation is 1. The van der Waals surface area contributed by atoms with Crippen LogP contribution < -0.4 is 4.90 Å². The average Bonchev–Trinajstić information content (AvgIpc) is 2.84. The molecule has 6 nitrogen and oxygen atoms in total. The molecule has 1 N–H and O–H groups in total. The van der Waals surface area contributed by atoms with E-state index in [0.29, 0.717) is 11.6 Å². The maximum atomic E-state index is 12.2. The second-order valence-electron chi connectivity index (χ2n) is 4.02. The predicted octanol–water partition coefficient (Wildman–Crippen LogP) is 1.96. The molecule has 0 radical (unpaired) electrons. The summed E-state index contributed by atoms with van der Waals surface area (Å²) in [5.74, 6) is -0.432. The summed E-state index contributed by atoms with van der Waals surface area (Å²) in [7, 11) is 1.55. The standard InChI is InChI=1S/C13H12N2O4/c1-8-3-4-11(19-8)15(2)12(16)9-5-10(13(17)18)7-14-6-9/h3-7H,1-2H3,(H,17,18). The number of aromatic nitrogens is 1. The Balaban J connectivity index is 2.29. The lowest BCUT2D eigenvalue weighted by molar-refractivity contribution is 0.0696. The molecule has 2 aromatic rings. The normalized spacial score (nSPS) is 10.2. The number of carbonyl (C=O) groups excluding carboxylic acids is 1. The van der Waals surface area contributed by atoms with E-state index in [-0.39, 0.29) is 17.0 Å². The Morgan fingerprint density at radius 3 is 2.53 bits per heavy atom. The quantitative estimate of drug-likeness (QED) is 0.911. The number of carboxylic acids is 1. The monoisotopic (exact) mass is 260 g/mol. The fourth-order valence-corrected chi connectivity index (χ4v) is 1.57. The molecule has 0 atom stereocenters. The molecule has 0 saturated heterocycles. The van der Waals surface area contributed by atoms with E-state index in [1.807, 2.05) is 0 Å². The van der Waals surface area contributed by atoms with Crippen LogP contribution in [0.1, 0.15) is 26.5 Å². The largest absolute Gasteiger partial charge is 0.478 e. The third-order valence-electron chi connectivity index (χ3n) is 2.59. The highest BCUT2D eigenvalue weighted by Crippen LogP contribution is 2.18. The third-order valence-corrected chi connectivity index (χ3v) is 2.59. The van der Waals surface area contributed by atoms with Crippen molar-refractivity contribution in [3.05, 3.63) is 47.5 Å². The number of nitrogens with zero attached hydrogens (tertiary/aromatic N) is 2. The maximum absolute atomic E-state index is 12.2. The zero-order chi connectivity index (χ0) is 14.0. The van der Waals surface area contributed by atoms with E-state index in [9.17, 15) is 9.59 Å². The van der Waals surface area contributed by atoms with Gasteiger partial charge in [-0.3, -0.25) is 14.7 Å². The second kappa shape index (κ2) is 4.93. The summed E-state index contributed by atoms with van der Waals surface area (Å²) in [5, 5.41) is 8.87. The molecule has 0 saturated carbocycles. The second-order valence-corrected chi connectivity index (χ2v) is 4.02. The molecule has 0 aliphatic heterocycles. The summed E-state index contributed by atoms with van der Waals surface area (Å²) in [5.41, 5.74) is 0.159. The zero-order valence-electron chi connectivity index (χ0n) is 10.5. The minimum Gasteiger partial charge on any atom is -0.478 e. The Bertz CT molecular complexity index is 633. The van der Waals surface area contributed by atoms with Crippen LogP contribution in [0, 0.1) is 6.92 Å². The van der Waals surface area contributed by atoms with E-state index in [0.717, 1.165) is 0 Å². The van der Waals surface area contributed by atoms with Crippen LogP contribution in [-0.2, 0) is 0 Å². The van der Waals surface area contributed by atoms with Gasteiger partial charge in [-0.2, -0.15) is 0 Å². The summed E-state index contributed by atoms with van der Waals surface area (Å²) >= 11 is 0. The number of hydrogen-bond acceptors (Lipinski definition) is 4. The molecular formula is C13H12N2O4. The van der Waals surface area contributed by atoms with E-state index < -0.39 is 5.97 Å². The van der Waals surface area contributed by atoms with Crippen molar-refractivity contribution in [2.45, 2.75) is 6.92 Å². The minimum absolute atomic E-state index is 0.0325. The van der Waals surface area contributed by atoms with Gasteiger partial charge >= 0.3 is 5.97 Å². The van der Waals surface area contributed by atoms with Crippen LogP contribution in [0.4, 0.5) is 5.88 Å². The van der Waals surface area contributed by atoms with Gasteiger partial charge in [0.05, 0.1) is 11.1 Å². The molecule has 2 rings (SSSR count). The highest BCUT2D eigenvalue weighted by molar-refractivity contribution is 6.05. The molecule has 0 aliphatic carbocycles. The van der Waals surface area contributed by atoms with Gasteiger partial charge in [0, 0.05) is 25.5 Å². The molecule has 0 unspecified atom stereocenters. The summed E-state index contributed by atoms with van der Waals surface area (Å²) in [6.07, 6.45) is 2.51. The molecule has 0 spiro atoms. The molecule has 1 amide bonds. The van der Waals surface area contributed by atoms with Crippen molar-refractivity contribution in [3.63, 3.8) is 0 Å². The van der Waals surface area contributed by atoms with Crippen LogP contribution in [0.2, 0.25) is 0 Å². The smallest absolute Gasteiger partial charge is 0.337 e. The van der Waals surface area contributed by atoms with Crippen LogP contribution in [0.15, 0.2) is 35.0 Å². The molecule has 2 aromatic heterocycles. The summed E-state index contributed by atoms with van der Waals surface area (Å²) in [4.78, 5) is 28.0. The number of aromatic carboxylic acids is 1.